The van der Waals surface area contributed by atoms with Crippen molar-refractivity contribution >= 4 is 37.9 Å². The predicted molar refractivity (Wildman–Crippen MR) is 99.6 cm³/mol. The van der Waals surface area contributed by atoms with Gasteiger partial charge in [-0.2, -0.15) is 0 Å². The van der Waals surface area contributed by atoms with E-state index >= 15 is 0 Å². The van der Waals surface area contributed by atoms with Crippen LogP contribution in [0.3, 0.4) is 0 Å². The Balaban J connectivity index is 2.24. The van der Waals surface area contributed by atoms with Crippen LogP contribution in [0.4, 0.5) is 0 Å². The van der Waals surface area contributed by atoms with E-state index in [4.69, 9.17) is 4.98 Å². The highest BCUT2D eigenvalue weighted by molar-refractivity contribution is 7.25. The molecular weight excluding hydrogens is 316 g/mol. The summed E-state index contributed by atoms with van der Waals surface area (Å²) in [6.45, 7) is 3.93. The summed E-state index contributed by atoms with van der Waals surface area (Å²) < 4.78 is 1.12. The van der Waals surface area contributed by atoms with Gasteiger partial charge in [-0.3, -0.25) is 4.98 Å². The lowest BCUT2D eigenvalue weighted by Gasteiger charge is -2.16. The minimum atomic E-state index is -0.200. The zero-order valence-corrected chi connectivity index (χ0v) is 14.3. The quantitative estimate of drug-likeness (QED) is 0.489. The van der Waals surface area contributed by atoms with Gasteiger partial charge in [-0.1, -0.05) is 37.3 Å². The minimum absolute atomic E-state index is 0.200. The van der Waals surface area contributed by atoms with E-state index in [1.165, 1.54) is 0 Å². The molecule has 4 heteroatoms. The first kappa shape index (κ1) is 15.0. The van der Waals surface area contributed by atoms with Crippen LogP contribution in [-0.4, -0.2) is 16.3 Å². The minimum Gasteiger partial charge on any atom is -0.303 e. The van der Waals surface area contributed by atoms with E-state index in [-0.39, 0.29) is 5.92 Å². The molecule has 0 saturated heterocycles. The lowest BCUT2D eigenvalue weighted by atomic mass is 9.89. The Morgan fingerprint density at radius 2 is 1.96 bits per heavy atom. The number of rotatable bonds is 3. The van der Waals surface area contributed by atoms with Crippen molar-refractivity contribution < 1.29 is 4.79 Å². The average Bonchev–Trinajstić information content (AvgIpc) is 2.98. The molecule has 0 aliphatic carbocycles. The van der Waals surface area contributed by atoms with Crippen molar-refractivity contribution in [1.29, 1.82) is 0 Å². The summed E-state index contributed by atoms with van der Waals surface area (Å²) in [7, 11) is 0. The van der Waals surface area contributed by atoms with Gasteiger partial charge < -0.3 is 4.79 Å². The number of carbonyl (C=O) groups is 1. The third-order valence-corrected chi connectivity index (χ3v) is 5.41. The van der Waals surface area contributed by atoms with E-state index in [1.54, 1.807) is 11.3 Å². The van der Waals surface area contributed by atoms with Gasteiger partial charge in [0.25, 0.3) is 0 Å². The topological polar surface area (TPSA) is 42.9 Å². The second-order valence-electron chi connectivity index (χ2n) is 5.93. The van der Waals surface area contributed by atoms with Crippen LogP contribution in [0.15, 0.2) is 48.8 Å². The van der Waals surface area contributed by atoms with Gasteiger partial charge in [0.15, 0.2) is 0 Å². The maximum Gasteiger partial charge on any atom is 0.127 e. The molecule has 24 heavy (non-hydrogen) atoms. The number of carbonyl (C=O) groups excluding carboxylic acids is 1. The third-order valence-electron chi connectivity index (χ3n) is 4.37. The molecule has 0 saturated carbocycles. The lowest BCUT2D eigenvalue weighted by molar-refractivity contribution is -0.108. The summed E-state index contributed by atoms with van der Waals surface area (Å²) in [4.78, 5) is 21.6. The Morgan fingerprint density at radius 3 is 2.71 bits per heavy atom. The highest BCUT2D eigenvalue weighted by Crippen LogP contribution is 2.43. The number of benzene rings is 1. The van der Waals surface area contributed by atoms with Gasteiger partial charge in [0.1, 0.15) is 11.1 Å². The third kappa shape index (κ3) is 2.22. The van der Waals surface area contributed by atoms with E-state index in [1.807, 2.05) is 50.5 Å². The van der Waals surface area contributed by atoms with Gasteiger partial charge in [-0.05, 0) is 29.7 Å². The first-order valence-electron chi connectivity index (χ1n) is 7.88. The van der Waals surface area contributed by atoms with Gasteiger partial charge in [0, 0.05) is 34.8 Å². The van der Waals surface area contributed by atoms with Crippen molar-refractivity contribution in [2.75, 3.05) is 0 Å². The molecule has 0 spiro atoms. The van der Waals surface area contributed by atoms with Crippen LogP contribution in [0.1, 0.15) is 24.1 Å². The fraction of sp³-hybridized carbons (Fsp3) is 0.150. The number of aromatic nitrogens is 2. The number of aryl methyl sites for hydroxylation is 1. The zero-order chi connectivity index (χ0) is 16.7. The number of aldehydes is 1. The summed E-state index contributed by atoms with van der Waals surface area (Å²) in [5.74, 6) is -0.200. The summed E-state index contributed by atoms with van der Waals surface area (Å²) >= 11 is 1.65. The normalized spacial score (nSPS) is 12.6. The van der Waals surface area contributed by atoms with E-state index in [0.717, 1.165) is 49.0 Å². The van der Waals surface area contributed by atoms with Crippen molar-refractivity contribution in [3.05, 3.63) is 60.0 Å². The largest absolute Gasteiger partial charge is 0.303 e. The van der Waals surface area contributed by atoms with Crippen molar-refractivity contribution in [2.24, 2.45) is 0 Å². The van der Waals surface area contributed by atoms with Gasteiger partial charge in [-0.25, -0.2) is 4.98 Å². The van der Waals surface area contributed by atoms with Gasteiger partial charge in [-0.15, -0.1) is 11.3 Å². The predicted octanol–water partition coefficient (Wildman–Crippen LogP) is 5.12. The molecule has 0 radical (unpaired) electrons. The first-order chi connectivity index (χ1) is 11.7. The number of nitrogens with zero attached hydrogens (tertiary/aromatic N) is 2. The fourth-order valence-electron chi connectivity index (χ4n) is 3.32. The number of hydrogen-bond donors (Lipinski definition) is 0. The molecule has 118 valence electrons. The Bertz CT molecular complexity index is 1050. The molecule has 0 aliphatic rings. The molecule has 1 unspecified atom stereocenters. The molecule has 0 bridgehead atoms. The second-order valence-corrected chi connectivity index (χ2v) is 6.96. The second kappa shape index (κ2) is 5.80. The summed E-state index contributed by atoms with van der Waals surface area (Å²) in [6.07, 6.45) is 4.69. The van der Waals surface area contributed by atoms with Crippen LogP contribution in [0.25, 0.3) is 31.4 Å². The maximum atomic E-state index is 11.5. The van der Waals surface area contributed by atoms with Gasteiger partial charge in [0.05, 0.1) is 4.70 Å². The van der Waals surface area contributed by atoms with Crippen LogP contribution in [0.5, 0.6) is 0 Å². The van der Waals surface area contributed by atoms with E-state index < -0.39 is 0 Å². The first-order valence-corrected chi connectivity index (χ1v) is 8.69. The van der Waals surface area contributed by atoms with E-state index in [0.29, 0.717) is 0 Å². The highest BCUT2D eigenvalue weighted by atomic mass is 32.1. The highest BCUT2D eigenvalue weighted by Gasteiger charge is 2.21. The van der Waals surface area contributed by atoms with Crippen LogP contribution in [0, 0.1) is 6.92 Å². The number of thiophene rings is 1. The summed E-state index contributed by atoms with van der Waals surface area (Å²) in [5, 5.41) is 2.27. The van der Waals surface area contributed by atoms with Crippen molar-refractivity contribution in [3.63, 3.8) is 0 Å². The molecule has 0 fully saturated rings. The summed E-state index contributed by atoms with van der Waals surface area (Å²) in [5.41, 5.74) is 4.17. The van der Waals surface area contributed by atoms with E-state index in [9.17, 15) is 4.79 Å². The molecule has 0 aliphatic heterocycles. The molecule has 0 N–H and O–H groups in total. The van der Waals surface area contributed by atoms with Crippen molar-refractivity contribution in [1.82, 2.24) is 9.97 Å². The van der Waals surface area contributed by atoms with Crippen LogP contribution >= 0.6 is 11.3 Å². The van der Waals surface area contributed by atoms with Crippen molar-refractivity contribution in [3.8, 4) is 11.1 Å². The van der Waals surface area contributed by atoms with Crippen LogP contribution < -0.4 is 0 Å². The monoisotopic (exact) mass is 332 g/mol. The molecule has 1 aromatic carbocycles. The Morgan fingerprint density at radius 1 is 1.17 bits per heavy atom. The van der Waals surface area contributed by atoms with Crippen LogP contribution in [0.2, 0.25) is 0 Å². The van der Waals surface area contributed by atoms with Crippen molar-refractivity contribution in [2.45, 2.75) is 19.8 Å². The molecule has 3 heterocycles. The molecule has 4 aromatic rings. The van der Waals surface area contributed by atoms with Gasteiger partial charge in [0.2, 0.25) is 0 Å². The maximum absolute atomic E-state index is 11.5. The van der Waals surface area contributed by atoms with Gasteiger partial charge >= 0.3 is 0 Å². The SMILES string of the molecule is Cc1nc2sc3cnccc3c2c(-c2ccccc2)c1C(C)C=O. The number of fused-ring (bicyclic) bond motifs is 3. The molecule has 0 amide bonds. The molecule has 3 nitrogen and oxygen atoms in total. The zero-order valence-electron chi connectivity index (χ0n) is 13.5. The molecule has 4 rings (SSSR count). The smallest absolute Gasteiger partial charge is 0.127 e. The number of pyridine rings is 2. The molecule has 1 atom stereocenters. The molecular formula is C20H16N2OS. The van der Waals surface area contributed by atoms with E-state index in [2.05, 4.69) is 17.1 Å². The lowest BCUT2D eigenvalue weighted by Crippen LogP contribution is -2.03. The number of hydrogen-bond acceptors (Lipinski definition) is 4. The van der Waals surface area contributed by atoms with Crippen LogP contribution in [-0.2, 0) is 4.79 Å². The Hall–Kier alpha value is -2.59. The average molecular weight is 332 g/mol. The summed E-state index contributed by atoms with van der Waals surface area (Å²) in [6, 6.07) is 12.3. The molecule has 3 aromatic heterocycles. The Kier molecular flexibility index (Phi) is 3.62. The standard InChI is InChI=1S/C20H16N2OS/c1-12(11-23)17-13(2)22-20-19(15-8-9-21-10-16(15)24-20)18(17)14-6-4-3-5-7-14/h3-12H,1-2H3. The Labute approximate surface area is 144 Å². The fourth-order valence-corrected chi connectivity index (χ4v) is 4.42.